The van der Waals surface area contributed by atoms with E-state index in [0.717, 1.165) is 21.5 Å². The highest BCUT2D eigenvalue weighted by Gasteiger charge is 2.17. The maximum absolute atomic E-state index is 14.6. The summed E-state index contributed by atoms with van der Waals surface area (Å²) in [5, 5.41) is 2.26. The Hall–Kier alpha value is -4.62. The summed E-state index contributed by atoms with van der Waals surface area (Å²) >= 11 is 6.56. The van der Waals surface area contributed by atoms with E-state index in [1.165, 1.54) is 12.4 Å². The van der Waals surface area contributed by atoms with E-state index in [2.05, 4.69) is 15.0 Å². The molecular weight excluding hydrogens is 479 g/mol. The predicted molar refractivity (Wildman–Crippen MR) is 139 cm³/mol. The van der Waals surface area contributed by atoms with Gasteiger partial charge in [-0.25, -0.2) is 13.8 Å². The van der Waals surface area contributed by atoms with Crippen LogP contribution in [0, 0.1) is 5.82 Å². The lowest BCUT2D eigenvalue weighted by molar-refractivity contribution is 0.625. The average molecular weight is 495 g/mol. The molecule has 0 aliphatic carbocycles. The summed E-state index contributed by atoms with van der Waals surface area (Å²) < 4.78 is 15.7. The lowest BCUT2D eigenvalue weighted by atomic mass is 9.94. The van der Waals surface area contributed by atoms with Gasteiger partial charge in [-0.2, -0.15) is 0 Å². The van der Waals surface area contributed by atoms with Gasteiger partial charge in [0.15, 0.2) is 0 Å². The fourth-order valence-corrected chi connectivity index (χ4v) is 4.79. The summed E-state index contributed by atoms with van der Waals surface area (Å²) in [6.45, 7) is 0. The Kier molecular flexibility index (Phi) is 5.20. The molecule has 174 valence electrons. The molecule has 0 bridgehead atoms. The van der Waals surface area contributed by atoms with Gasteiger partial charge >= 0.3 is 5.69 Å². The number of hydrogen-bond donors (Lipinski definition) is 1. The molecule has 6 nitrogen and oxygen atoms in total. The zero-order chi connectivity index (χ0) is 24.8. The van der Waals surface area contributed by atoms with Gasteiger partial charge in [0.25, 0.3) is 5.56 Å². The van der Waals surface area contributed by atoms with Crippen molar-refractivity contribution in [2.45, 2.75) is 0 Å². The first-order valence-corrected chi connectivity index (χ1v) is 11.4. The molecule has 8 heteroatoms. The molecule has 0 saturated heterocycles. The van der Waals surface area contributed by atoms with E-state index in [1.54, 1.807) is 48.7 Å². The van der Waals surface area contributed by atoms with E-state index in [4.69, 9.17) is 11.6 Å². The molecule has 0 atom stereocenters. The van der Waals surface area contributed by atoms with E-state index in [0.29, 0.717) is 43.9 Å². The van der Waals surface area contributed by atoms with Crippen LogP contribution < -0.4 is 11.2 Å². The van der Waals surface area contributed by atoms with Gasteiger partial charge in [0.2, 0.25) is 0 Å². The van der Waals surface area contributed by atoms with Crippen LogP contribution in [-0.2, 0) is 0 Å². The molecule has 0 saturated carbocycles. The molecule has 3 heterocycles. The third kappa shape index (κ3) is 3.49. The zero-order valence-corrected chi connectivity index (χ0v) is 19.3. The minimum atomic E-state index is -0.595. The highest BCUT2D eigenvalue weighted by Crippen LogP contribution is 2.38. The van der Waals surface area contributed by atoms with Crippen molar-refractivity contribution in [1.82, 2.24) is 19.5 Å². The number of H-pyrrole nitrogens is 1. The molecule has 3 aromatic carbocycles. The fraction of sp³-hybridized carbons (Fsp3) is 0. The van der Waals surface area contributed by atoms with Crippen LogP contribution in [0.4, 0.5) is 4.39 Å². The summed E-state index contributed by atoms with van der Waals surface area (Å²) in [6, 6.07) is 19.2. The summed E-state index contributed by atoms with van der Waals surface area (Å²) in [5.41, 5.74) is 1.78. The second-order valence-corrected chi connectivity index (χ2v) is 8.64. The van der Waals surface area contributed by atoms with Crippen LogP contribution in [0.5, 0.6) is 0 Å². The van der Waals surface area contributed by atoms with Gasteiger partial charge in [-0.05, 0) is 35.4 Å². The molecule has 0 spiro atoms. The fourth-order valence-electron chi connectivity index (χ4n) is 4.51. The molecule has 6 aromatic rings. The lowest BCUT2D eigenvalue weighted by Crippen LogP contribution is -2.33. The van der Waals surface area contributed by atoms with Crippen molar-refractivity contribution < 1.29 is 4.39 Å². The predicted octanol–water partition coefficient (Wildman–Crippen LogP) is 5.75. The lowest BCUT2D eigenvalue weighted by Gasteiger charge is -2.14. The van der Waals surface area contributed by atoms with Crippen molar-refractivity contribution in [2.24, 2.45) is 0 Å². The van der Waals surface area contributed by atoms with Crippen molar-refractivity contribution in [3.05, 3.63) is 123 Å². The number of pyridine rings is 2. The Morgan fingerprint density at radius 2 is 1.69 bits per heavy atom. The molecule has 0 unspecified atom stereocenters. The molecule has 1 N–H and O–H groups in total. The molecular formula is C28H16ClFN4O2. The van der Waals surface area contributed by atoms with Crippen molar-refractivity contribution >= 4 is 33.3 Å². The van der Waals surface area contributed by atoms with E-state index in [9.17, 15) is 14.0 Å². The van der Waals surface area contributed by atoms with E-state index >= 15 is 0 Å². The van der Waals surface area contributed by atoms with E-state index in [1.807, 2.05) is 24.3 Å². The van der Waals surface area contributed by atoms with E-state index < -0.39 is 17.1 Å². The maximum atomic E-state index is 14.6. The molecule has 0 amide bonds. The van der Waals surface area contributed by atoms with Crippen LogP contribution in [0.1, 0.15) is 0 Å². The minimum absolute atomic E-state index is 0.315. The number of nitrogens with zero attached hydrogens (tertiary/aromatic N) is 3. The maximum Gasteiger partial charge on any atom is 0.333 e. The van der Waals surface area contributed by atoms with Crippen LogP contribution >= 0.6 is 11.6 Å². The number of fused-ring (bicyclic) bond motifs is 2. The Morgan fingerprint density at radius 3 is 2.56 bits per heavy atom. The molecule has 0 aliphatic heterocycles. The normalized spacial score (nSPS) is 11.3. The van der Waals surface area contributed by atoms with Crippen molar-refractivity contribution in [3.63, 3.8) is 0 Å². The molecule has 6 rings (SSSR count). The number of aromatic amines is 1. The highest BCUT2D eigenvalue weighted by atomic mass is 35.5. The zero-order valence-electron chi connectivity index (χ0n) is 18.6. The number of halogens is 2. The van der Waals surface area contributed by atoms with Crippen molar-refractivity contribution in [1.29, 1.82) is 0 Å². The number of nitrogens with one attached hydrogen (secondary N) is 1. The smallest absolute Gasteiger partial charge is 0.306 e. The van der Waals surface area contributed by atoms with Crippen LogP contribution in [0.25, 0.3) is 49.6 Å². The van der Waals surface area contributed by atoms with Crippen LogP contribution in [0.3, 0.4) is 0 Å². The van der Waals surface area contributed by atoms with Gasteiger partial charge in [-0.3, -0.25) is 14.8 Å². The van der Waals surface area contributed by atoms with Crippen molar-refractivity contribution in [3.8, 4) is 27.9 Å². The van der Waals surface area contributed by atoms with Gasteiger partial charge in [-0.1, -0.05) is 54.1 Å². The standard InChI is InChI=1S/C28H16ClFN4O2/c29-22-7-3-6-20(19-10-11-31-14-23(19)30)26(22)16-8-9-21-24(12-16)33-28(36)34(27(21)35)25-15-32-13-17-4-1-2-5-18(17)25/h1-15H,(H,33,36). The number of hydrogen-bond acceptors (Lipinski definition) is 4. The van der Waals surface area contributed by atoms with Gasteiger partial charge in [0.1, 0.15) is 5.82 Å². The Morgan fingerprint density at radius 1 is 0.833 bits per heavy atom. The van der Waals surface area contributed by atoms with Gasteiger partial charge < -0.3 is 4.98 Å². The molecule has 3 aromatic heterocycles. The van der Waals surface area contributed by atoms with Crippen LogP contribution in [-0.4, -0.2) is 19.5 Å². The second kappa shape index (κ2) is 8.55. The summed E-state index contributed by atoms with van der Waals surface area (Å²) in [7, 11) is 0. The van der Waals surface area contributed by atoms with Crippen molar-refractivity contribution in [2.75, 3.05) is 0 Å². The number of benzene rings is 3. The number of rotatable bonds is 3. The Balaban J connectivity index is 1.58. The topological polar surface area (TPSA) is 80.6 Å². The van der Waals surface area contributed by atoms with E-state index in [-0.39, 0.29) is 0 Å². The summed E-state index contributed by atoms with van der Waals surface area (Å²) in [6.07, 6.45) is 5.82. The second-order valence-electron chi connectivity index (χ2n) is 8.23. The third-order valence-corrected chi connectivity index (χ3v) is 6.47. The molecule has 36 heavy (non-hydrogen) atoms. The Bertz CT molecular complexity index is 1930. The van der Waals surface area contributed by atoms with Crippen LogP contribution in [0.15, 0.2) is 101 Å². The quantitative estimate of drug-likeness (QED) is 0.340. The first-order chi connectivity index (χ1) is 17.5. The van der Waals surface area contributed by atoms with Gasteiger partial charge in [0, 0.05) is 39.3 Å². The SMILES string of the molecule is O=c1[nH]c2cc(-c3c(Cl)cccc3-c3ccncc3F)ccc2c(=O)n1-c1cncc2ccccc12. The summed E-state index contributed by atoms with van der Waals surface area (Å²) in [5.74, 6) is -0.484. The average Bonchev–Trinajstić information content (AvgIpc) is 2.89. The molecule has 0 aliphatic rings. The summed E-state index contributed by atoms with van der Waals surface area (Å²) in [4.78, 5) is 37.4. The number of aromatic nitrogens is 4. The first-order valence-electron chi connectivity index (χ1n) is 11.0. The molecule has 0 radical (unpaired) electrons. The Labute approximate surface area is 208 Å². The first kappa shape index (κ1) is 21.9. The largest absolute Gasteiger partial charge is 0.333 e. The third-order valence-electron chi connectivity index (χ3n) is 6.15. The van der Waals surface area contributed by atoms with Gasteiger partial charge in [0.05, 0.1) is 29.0 Å². The highest BCUT2D eigenvalue weighted by molar-refractivity contribution is 6.34. The van der Waals surface area contributed by atoms with Gasteiger partial charge in [-0.15, -0.1) is 0 Å². The minimum Gasteiger partial charge on any atom is -0.306 e. The molecule has 0 fully saturated rings. The van der Waals surface area contributed by atoms with Crippen LogP contribution in [0.2, 0.25) is 5.02 Å². The monoisotopic (exact) mass is 494 g/mol.